The maximum absolute atomic E-state index is 2.76. The molecule has 2 aliphatic rings. The largest absolute Gasteiger partial charge is 0.305 e. The minimum Gasteiger partial charge on any atom is -0.305 e. The van der Waals surface area contributed by atoms with Gasteiger partial charge in [0.15, 0.2) is 0 Å². The van der Waals surface area contributed by atoms with Crippen LogP contribution in [0.1, 0.15) is 32.6 Å². The summed E-state index contributed by atoms with van der Waals surface area (Å²) in [5.74, 6) is 0. The van der Waals surface area contributed by atoms with Crippen LogP contribution in [0.4, 0.5) is 0 Å². The van der Waals surface area contributed by atoms with E-state index in [9.17, 15) is 0 Å². The van der Waals surface area contributed by atoms with E-state index in [0.29, 0.717) is 0 Å². The van der Waals surface area contributed by atoms with Gasteiger partial charge in [0.05, 0.1) is 0 Å². The van der Waals surface area contributed by atoms with Gasteiger partial charge in [-0.3, -0.25) is 4.90 Å². The average molecular weight is 239 g/mol. The van der Waals surface area contributed by atoms with E-state index in [1.165, 1.54) is 71.5 Å². The number of hydrogen-bond acceptors (Lipinski definition) is 3. The molecule has 0 radical (unpaired) electrons. The molecular formula is C14H29N3. The van der Waals surface area contributed by atoms with Crippen molar-refractivity contribution in [3.63, 3.8) is 0 Å². The lowest BCUT2D eigenvalue weighted by Crippen LogP contribution is -2.46. The van der Waals surface area contributed by atoms with Crippen LogP contribution < -0.4 is 0 Å². The van der Waals surface area contributed by atoms with Crippen LogP contribution in [0.2, 0.25) is 0 Å². The molecule has 17 heavy (non-hydrogen) atoms. The first-order valence-corrected chi connectivity index (χ1v) is 7.44. The Morgan fingerprint density at radius 3 is 2.41 bits per heavy atom. The average Bonchev–Trinajstić information content (AvgIpc) is 2.56. The molecule has 0 N–H and O–H groups in total. The molecular weight excluding hydrogens is 210 g/mol. The van der Waals surface area contributed by atoms with Crippen molar-refractivity contribution in [1.82, 2.24) is 14.7 Å². The summed E-state index contributed by atoms with van der Waals surface area (Å²) in [7, 11) is 2.26. The zero-order chi connectivity index (χ0) is 12.1. The highest BCUT2D eigenvalue weighted by Gasteiger charge is 2.25. The molecule has 3 heteroatoms. The molecule has 2 aliphatic heterocycles. The second kappa shape index (κ2) is 6.72. The lowest BCUT2D eigenvalue weighted by Gasteiger charge is -2.38. The molecule has 0 bridgehead atoms. The van der Waals surface area contributed by atoms with E-state index >= 15 is 0 Å². The van der Waals surface area contributed by atoms with Crippen molar-refractivity contribution >= 4 is 0 Å². The predicted octanol–water partition coefficient (Wildman–Crippen LogP) is 1.50. The maximum Gasteiger partial charge on any atom is 0.0120 e. The standard InChI is InChI=1S/C14H29N3/c1-3-7-16-10-5-14(6-11-16)17-9-4-8-15(2)12-13-17/h14H,3-13H2,1-2H3. The van der Waals surface area contributed by atoms with Gasteiger partial charge in [-0.05, 0) is 65.5 Å². The highest BCUT2D eigenvalue weighted by Crippen LogP contribution is 2.18. The molecule has 0 aromatic heterocycles. The van der Waals surface area contributed by atoms with Gasteiger partial charge in [0.1, 0.15) is 0 Å². The third-order valence-corrected chi connectivity index (χ3v) is 4.37. The highest BCUT2D eigenvalue weighted by molar-refractivity contribution is 4.81. The van der Waals surface area contributed by atoms with Crippen LogP contribution in [-0.2, 0) is 0 Å². The summed E-state index contributed by atoms with van der Waals surface area (Å²) in [4.78, 5) is 7.87. The zero-order valence-electron chi connectivity index (χ0n) is 11.7. The fourth-order valence-electron chi connectivity index (χ4n) is 3.26. The summed E-state index contributed by atoms with van der Waals surface area (Å²) < 4.78 is 0. The quantitative estimate of drug-likeness (QED) is 0.739. The van der Waals surface area contributed by atoms with Gasteiger partial charge in [0, 0.05) is 19.1 Å². The van der Waals surface area contributed by atoms with Crippen molar-refractivity contribution in [3.05, 3.63) is 0 Å². The Bertz CT molecular complexity index is 212. The number of piperidine rings is 1. The Labute approximate surface area is 107 Å². The maximum atomic E-state index is 2.76. The van der Waals surface area contributed by atoms with E-state index in [1.807, 2.05) is 0 Å². The van der Waals surface area contributed by atoms with Crippen LogP contribution in [0, 0.1) is 0 Å². The Morgan fingerprint density at radius 2 is 1.71 bits per heavy atom. The van der Waals surface area contributed by atoms with Crippen molar-refractivity contribution in [2.45, 2.75) is 38.6 Å². The van der Waals surface area contributed by atoms with E-state index < -0.39 is 0 Å². The zero-order valence-corrected chi connectivity index (χ0v) is 11.7. The number of rotatable bonds is 3. The topological polar surface area (TPSA) is 9.72 Å². The van der Waals surface area contributed by atoms with Crippen LogP contribution in [0.3, 0.4) is 0 Å². The normalized spacial score (nSPS) is 27.2. The molecule has 2 rings (SSSR count). The van der Waals surface area contributed by atoms with Crippen LogP contribution in [-0.4, -0.2) is 73.6 Å². The Kier molecular flexibility index (Phi) is 5.26. The molecule has 0 atom stereocenters. The first-order valence-electron chi connectivity index (χ1n) is 7.44. The highest BCUT2D eigenvalue weighted by atomic mass is 15.2. The van der Waals surface area contributed by atoms with Crippen molar-refractivity contribution in [1.29, 1.82) is 0 Å². The van der Waals surface area contributed by atoms with E-state index in [4.69, 9.17) is 0 Å². The molecule has 0 spiro atoms. The molecule has 0 unspecified atom stereocenters. The predicted molar refractivity (Wildman–Crippen MR) is 73.4 cm³/mol. The molecule has 2 fully saturated rings. The minimum absolute atomic E-state index is 0.870. The van der Waals surface area contributed by atoms with E-state index in [0.717, 1.165) is 6.04 Å². The molecule has 0 aromatic rings. The van der Waals surface area contributed by atoms with Gasteiger partial charge >= 0.3 is 0 Å². The van der Waals surface area contributed by atoms with Gasteiger partial charge in [-0.15, -0.1) is 0 Å². The lowest BCUT2D eigenvalue weighted by molar-refractivity contribution is 0.111. The summed E-state index contributed by atoms with van der Waals surface area (Å²) in [6.07, 6.45) is 5.44. The van der Waals surface area contributed by atoms with Crippen molar-refractivity contribution < 1.29 is 0 Å². The Balaban J connectivity index is 1.75. The van der Waals surface area contributed by atoms with Crippen LogP contribution in [0.25, 0.3) is 0 Å². The molecule has 100 valence electrons. The number of likely N-dealkylation sites (tertiary alicyclic amines) is 1. The van der Waals surface area contributed by atoms with Crippen molar-refractivity contribution in [2.24, 2.45) is 0 Å². The van der Waals surface area contributed by atoms with Gasteiger partial charge in [-0.2, -0.15) is 0 Å². The summed E-state index contributed by atoms with van der Waals surface area (Å²) in [5.41, 5.74) is 0. The summed E-state index contributed by atoms with van der Waals surface area (Å²) in [5, 5.41) is 0. The second-order valence-corrected chi connectivity index (χ2v) is 5.77. The van der Waals surface area contributed by atoms with Crippen LogP contribution in [0.5, 0.6) is 0 Å². The van der Waals surface area contributed by atoms with Gasteiger partial charge in [-0.1, -0.05) is 6.92 Å². The lowest BCUT2D eigenvalue weighted by atomic mass is 10.0. The molecule has 0 aromatic carbocycles. The van der Waals surface area contributed by atoms with E-state index in [2.05, 4.69) is 28.7 Å². The van der Waals surface area contributed by atoms with Crippen molar-refractivity contribution in [2.75, 3.05) is 52.9 Å². The van der Waals surface area contributed by atoms with Crippen LogP contribution >= 0.6 is 0 Å². The fraction of sp³-hybridized carbons (Fsp3) is 1.00. The smallest absolute Gasteiger partial charge is 0.0120 e. The van der Waals surface area contributed by atoms with Gasteiger partial charge in [0.25, 0.3) is 0 Å². The molecule has 2 saturated heterocycles. The first-order chi connectivity index (χ1) is 8.29. The summed E-state index contributed by atoms with van der Waals surface area (Å²) in [6.45, 7) is 11.4. The first kappa shape index (κ1) is 13.3. The minimum atomic E-state index is 0.870. The van der Waals surface area contributed by atoms with E-state index in [1.54, 1.807) is 0 Å². The molecule has 0 aliphatic carbocycles. The Morgan fingerprint density at radius 1 is 0.941 bits per heavy atom. The molecule has 2 heterocycles. The SMILES string of the molecule is CCCN1CCC(N2CCCN(C)CC2)CC1. The van der Waals surface area contributed by atoms with E-state index in [-0.39, 0.29) is 0 Å². The Hall–Kier alpha value is -0.120. The molecule has 3 nitrogen and oxygen atoms in total. The van der Waals surface area contributed by atoms with Gasteiger partial charge in [-0.25, -0.2) is 0 Å². The third-order valence-electron chi connectivity index (χ3n) is 4.37. The van der Waals surface area contributed by atoms with Crippen LogP contribution in [0.15, 0.2) is 0 Å². The molecule has 0 saturated carbocycles. The number of hydrogen-bond donors (Lipinski definition) is 0. The summed E-state index contributed by atoms with van der Waals surface area (Å²) in [6, 6.07) is 0.870. The van der Waals surface area contributed by atoms with Gasteiger partial charge < -0.3 is 9.80 Å². The van der Waals surface area contributed by atoms with Gasteiger partial charge in [0.2, 0.25) is 0 Å². The number of likely N-dealkylation sites (N-methyl/N-ethyl adjacent to an activating group) is 1. The number of nitrogens with zero attached hydrogens (tertiary/aromatic N) is 3. The third kappa shape index (κ3) is 3.94. The molecule has 0 amide bonds. The van der Waals surface area contributed by atoms with Crippen molar-refractivity contribution in [3.8, 4) is 0 Å². The monoisotopic (exact) mass is 239 g/mol. The summed E-state index contributed by atoms with van der Waals surface area (Å²) >= 11 is 0. The fourth-order valence-corrected chi connectivity index (χ4v) is 3.26. The second-order valence-electron chi connectivity index (χ2n) is 5.77.